The minimum Gasteiger partial charge on any atom is -0.478 e. The number of hydrogen-bond donors (Lipinski definition) is 3. The number of aromatic carboxylic acids is 1. The molecule has 0 aliphatic carbocycles. The fraction of sp³-hybridized carbons (Fsp3) is 0. The summed E-state index contributed by atoms with van der Waals surface area (Å²) in [5, 5.41) is 12.0. The van der Waals surface area contributed by atoms with Gasteiger partial charge in [0, 0.05) is 10.2 Å². The van der Waals surface area contributed by atoms with Crippen LogP contribution in [-0.2, 0) is 0 Å². The Kier molecular flexibility index (Phi) is 3.47. The van der Waals surface area contributed by atoms with Crippen LogP contribution in [0.1, 0.15) is 10.4 Å². The molecule has 0 bridgehead atoms. The number of carboxylic acids is 1. The molecule has 0 aliphatic heterocycles. The summed E-state index contributed by atoms with van der Waals surface area (Å²) in [5.74, 6) is -0.812. The van der Waals surface area contributed by atoms with Crippen molar-refractivity contribution in [1.82, 2.24) is 4.98 Å². The van der Waals surface area contributed by atoms with Crippen LogP contribution in [0.3, 0.4) is 0 Å². The average Bonchev–Trinajstić information content (AvgIpc) is 2.34. The summed E-state index contributed by atoms with van der Waals surface area (Å²) < 4.78 is 0.941. The van der Waals surface area contributed by atoms with E-state index in [2.05, 4.69) is 26.2 Å². The first-order valence-electron chi connectivity index (χ1n) is 5.07. The summed E-state index contributed by atoms with van der Waals surface area (Å²) in [5.41, 5.74) is 6.62. The first-order valence-corrected chi connectivity index (χ1v) is 5.87. The Morgan fingerprint density at radius 1 is 1.33 bits per heavy atom. The molecule has 2 aromatic rings. The maximum absolute atomic E-state index is 11.1. The van der Waals surface area contributed by atoms with E-state index in [-0.39, 0.29) is 11.4 Å². The molecule has 0 saturated heterocycles. The van der Waals surface area contributed by atoms with Gasteiger partial charge in [0.15, 0.2) is 0 Å². The van der Waals surface area contributed by atoms with Crippen LogP contribution in [0.25, 0.3) is 0 Å². The molecule has 0 aliphatic rings. The molecule has 0 spiro atoms. The van der Waals surface area contributed by atoms with Gasteiger partial charge in [-0.2, -0.15) is 0 Å². The zero-order valence-corrected chi connectivity index (χ0v) is 10.8. The molecule has 92 valence electrons. The predicted octanol–water partition coefficient (Wildman–Crippen LogP) is 2.87. The number of halogens is 1. The molecule has 0 unspecified atom stereocenters. The largest absolute Gasteiger partial charge is 0.478 e. The molecular formula is C12H10BrN3O2. The van der Waals surface area contributed by atoms with Gasteiger partial charge < -0.3 is 16.2 Å². The van der Waals surface area contributed by atoms with Gasteiger partial charge in [-0.3, -0.25) is 0 Å². The summed E-state index contributed by atoms with van der Waals surface area (Å²) in [6.07, 6.45) is 1.41. The van der Waals surface area contributed by atoms with Crippen LogP contribution in [0, 0.1) is 0 Å². The highest BCUT2D eigenvalue weighted by Crippen LogP contribution is 2.22. The van der Waals surface area contributed by atoms with Crippen LogP contribution in [-0.4, -0.2) is 16.1 Å². The van der Waals surface area contributed by atoms with Gasteiger partial charge in [0.25, 0.3) is 0 Å². The Labute approximate surface area is 112 Å². The van der Waals surface area contributed by atoms with E-state index >= 15 is 0 Å². The van der Waals surface area contributed by atoms with E-state index in [0.717, 1.165) is 10.2 Å². The summed E-state index contributed by atoms with van der Waals surface area (Å²) in [4.78, 5) is 15.1. The van der Waals surface area contributed by atoms with Gasteiger partial charge in [-0.1, -0.05) is 15.9 Å². The summed E-state index contributed by atoms with van der Waals surface area (Å²) in [6, 6.07) is 8.69. The minimum absolute atomic E-state index is 0.0397. The Hall–Kier alpha value is -2.08. The maximum atomic E-state index is 11.1. The van der Waals surface area contributed by atoms with Gasteiger partial charge in [0.05, 0.1) is 11.9 Å². The zero-order valence-electron chi connectivity index (χ0n) is 9.22. The lowest BCUT2D eigenvalue weighted by molar-refractivity contribution is 0.0697. The van der Waals surface area contributed by atoms with E-state index in [0.29, 0.717) is 5.69 Å². The molecule has 5 nitrogen and oxygen atoms in total. The fourth-order valence-electron chi connectivity index (χ4n) is 1.41. The Morgan fingerprint density at radius 2 is 2.00 bits per heavy atom. The van der Waals surface area contributed by atoms with Gasteiger partial charge in [0.1, 0.15) is 11.4 Å². The SMILES string of the molecule is Nc1cnc(Nc2ccc(Br)cc2)c(C(=O)O)c1. The van der Waals surface area contributed by atoms with Crippen molar-refractivity contribution in [3.05, 3.63) is 46.6 Å². The molecule has 1 aromatic heterocycles. The smallest absolute Gasteiger partial charge is 0.339 e. The molecule has 2 rings (SSSR count). The molecule has 0 amide bonds. The highest BCUT2D eigenvalue weighted by Gasteiger charge is 2.12. The van der Waals surface area contributed by atoms with Crippen LogP contribution in [0.5, 0.6) is 0 Å². The van der Waals surface area contributed by atoms with Crippen molar-refractivity contribution in [2.24, 2.45) is 0 Å². The van der Waals surface area contributed by atoms with Crippen LogP contribution < -0.4 is 11.1 Å². The van der Waals surface area contributed by atoms with Crippen molar-refractivity contribution in [2.75, 3.05) is 11.1 Å². The van der Waals surface area contributed by atoms with Gasteiger partial charge in [-0.15, -0.1) is 0 Å². The fourth-order valence-corrected chi connectivity index (χ4v) is 1.68. The van der Waals surface area contributed by atoms with Crippen molar-refractivity contribution in [1.29, 1.82) is 0 Å². The third-order valence-electron chi connectivity index (χ3n) is 2.25. The van der Waals surface area contributed by atoms with Gasteiger partial charge >= 0.3 is 5.97 Å². The Balaban J connectivity index is 2.34. The normalized spacial score (nSPS) is 10.1. The van der Waals surface area contributed by atoms with E-state index in [1.165, 1.54) is 12.3 Å². The number of hydrogen-bond acceptors (Lipinski definition) is 4. The Bertz CT molecular complexity index is 584. The average molecular weight is 308 g/mol. The maximum Gasteiger partial charge on any atom is 0.339 e. The molecule has 0 saturated carbocycles. The number of carbonyl (C=O) groups is 1. The van der Waals surface area contributed by atoms with Crippen molar-refractivity contribution in [2.45, 2.75) is 0 Å². The number of carboxylic acid groups (broad SMARTS) is 1. The van der Waals surface area contributed by atoms with Crippen LogP contribution in [0.15, 0.2) is 41.0 Å². The number of benzene rings is 1. The number of rotatable bonds is 3. The molecule has 6 heteroatoms. The van der Waals surface area contributed by atoms with E-state index in [1.807, 2.05) is 24.3 Å². The molecule has 18 heavy (non-hydrogen) atoms. The third kappa shape index (κ3) is 2.78. The first-order chi connectivity index (χ1) is 8.56. The minimum atomic E-state index is -1.07. The van der Waals surface area contributed by atoms with Crippen molar-refractivity contribution >= 4 is 39.1 Å². The van der Waals surface area contributed by atoms with Crippen molar-refractivity contribution < 1.29 is 9.90 Å². The van der Waals surface area contributed by atoms with Crippen LogP contribution in [0.2, 0.25) is 0 Å². The van der Waals surface area contributed by atoms with Crippen LogP contribution in [0.4, 0.5) is 17.2 Å². The number of nitrogens with one attached hydrogen (secondary N) is 1. The summed E-state index contributed by atoms with van der Waals surface area (Å²) in [7, 11) is 0. The molecule has 4 N–H and O–H groups in total. The molecule has 0 atom stereocenters. The zero-order chi connectivity index (χ0) is 13.1. The van der Waals surface area contributed by atoms with E-state index in [9.17, 15) is 4.79 Å². The molecule has 1 aromatic carbocycles. The number of pyridine rings is 1. The number of aromatic nitrogens is 1. The van der Waals surface area contributed by atoms with Crippen molar-refractivity contribution in [3.63, 3.8) is 0 Å². The third-order valence-corrected chi connectivity index (χ3v) is 2.77. The van der Waals surface area contributed by atoms with E-state index in [1.54, 1.807) is 0 Å². The molecule has 1 heterocycles. The highest BCUT2D eigenvalue weighted by atomic mass is 79.9. The first kappa shape index (κ1) is 12.4. The van der Waals surface area contributed by atoms with Gasteiger partial charge in [-0.25, -0.2) is 9.78 Å². The van der Waals surface area contributed by atoms with E-state index < -0.39 is 5.97 Å². The summed E-state index contributed by atoms with van der Waals surface area (Å²) >= 11 is 3.32. The molecule has 0 fully saturated rings. The van der Waals surface area contributed by atoms with Gasteiger partial charge in [-0.05, 0) is 30.3 Å². The second-order valence-corrected chi connectivity index (χ2v) is 4.52. The second-order valence-electron chi connectivity index (χ2n) is 3.60. The lowest BCUT2D eigenvalue weighted by Crippen LogP contribution is -2.06. The monoisotopic (exact) mass is 307 g/mol. The highest BCUT2D eigenvalue weighted by molar-refractivity contribution is 9.10. The van der Waals surface area contributed by atoms with E-state index in [4.69, 9.17) is 10.8 Å². The second kappa shape index (κ2) is 5.05. The Morgan fingerprint density at radius 3 is 2.61 bits per heavy atom. The number of nitrogen functional groups attached to an aromatic ring is 1. The quantitative estimate of drug-likeness (QED) is 0.811. The van der Waals surface area contributed by atoms with Crippen LogP contribution >= 0.6 is 15.9 Å². The lowest BCUT2D eigenvalue weighted by atomic mass is 10.2. The summed E-state index contributed by atoms with van der Waals surface area (Å²) in [6.45, 7) is 0. The molecule has 0 radical (unpaired) electrons. The lowest BCUT2D eigenvalue weighted by Gasteiger charge is -2.09. The molecular weight excluding hydrogens is 298 g/mol. The van der Waals surface area contributed by atoms with Gasteiger partial charge in [0.2, 0.25) is 0 Å². The number of anilines is 3. The topological polar surface area (TPSA) is 88.2 Å². The van der Waals surface area contributed by atoms with Crippen molar-refractivity contribution in [3.8, 4) is 0 Å². The number of nitrogens with zero attached hydrogens (tertiary/aromatic N) is 1. The predicted molar refractivity (Wildman–Crippen MR) is 73.0 cm³/mol. The standard InChI is InChI=1S/C12H10BrN3O2/c13-7-1-3-9(4-2-7)16-11-10(12(17)18)5-8(14)6-15-11/h1-6H,14H2,(H,15,16)(H,17,18). The number of nitrogens with two attached hydrogens (primary N) is 1.